The van der Waals surface area contributed by atoms with Crippen LogP contribution in [0.5, 0.6) is 0 Å². The van der Waals surface area contributed by atoms with E-state index in [1.807, 2.05) is 6.07 Å². The fourth-order valence-electron chi connectivity index (χ4n) is 2.56. The van der Waals surface area contributed by atoms with Crippen LogP contribution in [0, 0.1) is 0 Å². The molecule has 1 N–H and O–H groups in total. The lowest BCUT2D eigenvalue weighted by Gasteiger charge is -2.28. The van der Waals surface area contributed by atoms with E-state index in [0.717, 1.165) is 30.8 Å². The van der Waals surface area contributed by atoms with E-state index >= 15 is 0 Å². The first-order valence-corrected chi connectivity index (χ1v) is 7.10. The highest BCUT2D eigenvalue weighted by Crippen LogP contribution is 2.22. The van der Waals surface area contributed by atoms with Gasteiger partial charge in [-0.2, -0.15) is 0 Å². The maximum atomic E-state index is 5.90. The van der Waals surface area contributed by atoms with Crippen LogP contribution in [-0.4, -0.2) is 31.0 Å². The van der Waals surface area contributed by atoms with Crippen LogP contribution in [0.1, 0.15) is 44.1 Å². The minimum absolute atomic E-state index is 0.359. The molecule has 108 valence electrons. The van der Waals surface area contributed by atoms with E-state index in [2.05, 4.69) is 17.4 Å². The summed E-state index contributed by atoms with van der Waals surface area (Å²) in [5, 5.41) is 7.47. The summed E-state index contributed by atoms with van der Waals surface area (Å²) >= 11 is 0. The summed E-state index contributed by atoms with van der Waals surface area (Å²) in [5.41, 5.74) is 0.848. The molecule has 0 amide bonds. The van der Waals surface area contributed by atoms with E-state index < -0.39 is 0 Å². The van der Waals surface area contributed by atoms with E-state index in [-0.39, 0.29) is 0 Å². The highest BCUT2D eigenvalue weighted by atomic mass is 16.5. The minimum Gasteiger partial charge on any atom is -0.377 e. The van der Waals surface area contributed by atoms with Crippen molar-refractivity contribution in [3.05, 3.63) is 17.5 Å². The Bertz CT molecular complexity index is 359. The number of nitrogens with zero attached hydrogens (tertiary/aromatic N) is 1. The normalized spacial score (nSPS) is 23.7. The maximum Gasteiger partial charge on any atom is 0.162 e. The standard InChI is InChI=1S/C14H24N2O3/c1-3-15-11-4-6-13(7-5-11)18-9-12-8-14(10-17-2)19-16-12/h8,11,13,15H,3-7,9-10H2,1-2H3. The van der Waals surface area contributed by atoms with Crippen LogP contribution >= 0.6 is 0 Å². The van der Waals surface area contributed by atoms with Crippen molar-refractivity contribution in [2.45, 2.75) is 58.0 Å². The summed E-state index contributed by atoms with van der Waals surface area (Å²) < 4.78 is 16.0. The van der Waals surface area contributed by atoms with Crippen LogP contribution < -0.4 is 5.32 Å². The molecule has 0 spiro atoms. The van der Waals surface area contributed by atoms with Crippen molar-refractivity contribution in [3.63, 3.8) is 0 Å². The van der Waals surface area contributed by atoms with Crippen LogP contribution in [-0.2, 0) is 22.7 Å². The number of aromatic nitrogens is 1. The summed E-state index contributed by atoms with van der Waals surface area (Å²) in [6.07, 6.45) is 5.01. The molecule has 5 nitrogen and oxygen atoms in total. The van der Waals surface area contributed by atoms with Crippen molar-refractivity contribution < 1.29 is 14.0 Å². The van der Waals surface area contributed by atoms with Gasteiger partial charge in [0.1, 0.15) is 12.3 Å². The third-order valence-electron chi connectivity index (χ3n) is 3.53. The first-order chi connectivity index (χ1) is 9.31. The molecule has 5 heteroatoms. The Balaban J connectivity index is 1.68. The van der Waals surface area contributed by atoms with Gasteiger partial charge < -0.3 is 19.3 Å². The van der Waals surface area contributed by atoms with Gasteiger partial charge in [-0.25, -0.2) is 0 Å². The highest BCUT2D eigenvalue weighted by molar-refractivity contribution is 5.03. The second-order valence-electron chi connectivity index (χ2n) is 5.06. The smallest absolute Gasteiger partial charge is 0.162 e. The first kappa shape index (κ1) is 14.5. The third kappa shape index (κ3) is 4.60. The predicted molar refractivity (Wildman–Crippen MR) is 71.7 cm³/mol. The number of nitrogens with one attached hydrogen (secondary N) is 1. The van der Waals surface area contributed by atoms with Crippen LogP contribution in [0.15, 0.2) is 10.6 Å². The molecule has 0 atom stereocenters. The minimum atomic E-state index is 0.359. The number of ether oxygens (including phenoxy) is 2. The molecule has 1 heterocycles. The van der Waals surface area contributed by atoms with Gasteiger partial charge in [0.25, 0.3) is 0 Å². The highest BCUT2D eigenvalue weighted by Gasteiger charge is 2.21. The molecule has 1 saturated carbocycles. The average molecular weight is 268 g/mol. The molecular formula is C14H24N2O3. The fourth-order valence-corrected chi connectivity index (χ4v) is 2.56. The molecule has 0 aliphatic heterocycles. The zero-order valence-electron chi connectivity index (χ0n) is 11.9. The summed E-state index contributed by atoms with van der Waals surface area (Å²) in [6.45, 7) is 4.20. The summed E-state index contributed by atoms with van der Waals surface area (Å²) in [5.74, 6) is 0.747. The van der Waals surface area contributed by atoms with Gasteiger partial charge in [0.05, 0.1) is 12.7 Å². The molecule has 0 radical (unpaired) electrons. The quantitative estimate of drug-likeness (QED) is 0.822. The molecule has 1 aliphatic rings. The Hall–Kier alpha value is -0.910. The lowest BCUT2D eigenvalue weighted by atomic mass is 9.93. The lowest BCUT2D eigenvalue weighted by molar-refractivity contribution is 0.00888. The molecule has 1 fully saturated rings. The summed E-state index contributed by atoms with van der Waals surface area (Å²) in [7, 11) is 1.64. The Labute approximate surface area is 114 Å². The topological polar surface area (TPSA) is 56.5 Å². The molecule has 0 aromatic carbocycles. The molecule has 2 rings (SSSR count). The Kier molecular flexibility index (Phi) is 5.82. The van der Waals surface area contributed by atoms with Crippen LogP contribution in [0.3, 0.4) is 0 Å². The van der Waals surface area contributed by atoms with Crippen molar-refractivity contribution >= 4 is 0 Å². The second kappa shape index (κ2) is 7.62. The largest absolute Gasteiger partial charge is 0.377 e. The average Bonchev–Trinajstić information content (AvgIpc) is 2.87. The zero-order valence-corrected chi connectivity index (χ0v) is 11.9. The zero-order chi connectivity index (χ0) is 13.5. The van der Waals surface area contributed by atoms with Gasteiger partial charge in [-0.1, -0.05) is 12.1 Å². The summed E-state index contributed by atoms with van der Waals surface area (Å²) in [6, 6.07) is 2.57. The van der Waals surface area contributed by atoms with Crippen molar-refractivity contribution in [1.82, 2.24) is 10.5 Å². The fraction of sp³-hybridized carbons (Fsp3) is 0.786. The van der Waals surface area contributed by atoms with E-state index in [0.29, 0.717) is 25.4 Å². The Morgan fingerprint density at radius 2 is 2.11 bits per heavy atom. The molecule has 19 heavy (non-hydrogen) atoms. The van der Waals surface area contributed by atoms with Crippen LogP contribution in [0.2, 0.25) is 0 Å². The van der Waals surface area contributed by atoms with Gasteiger partial charge in [-0.3, -0.25) is 0 Å². The number of hydrogen-bond acceptors (Lipinski definition) is 5. The van der Waals surface area contributed by atoms with Gasteiger partial charge in [0, 0.05) is 19.2 Å². The molecule has 0 bridgehead atoms. The number of methoxy groups -OCH3 is 1. The van der Waals surface area contributed by atoms with E-state index in [1.54, 1.807) is 7.11 Å². The Morgan fingerprint density at radius 3 is 2.79 bits per heavy atom. The Morgan fingerprint density at radius 1 is 1.32 bits per heavy atom. The predicted octanol–water partition coefficient (Wildman–Crippen LogP) is 2.26. The van der Waals surface area contributed by atoms with E-state index in [1.165, 1.54) is 12.8 Å². The SMILES string of the molecule is CCNC1CCC(OCc2cc(COC)on2)CC1. The van der Waals surface area contributed by atoms with Crippen molar-refractivity contribution in [2.24, 2.45) is 0 Å². The summed E-state index contributed by atoms with van der Waals surface area (Å²) in [4.78, 5) is 0. The van der Waals surface area contributed by atoms with Gasteiger partial charge in [0.15, 0.2) is 5.76 Å². The second-order valence-corrected chi connectivity index (χ2v) is 5.06. The van der Waals surface area contributed by atoms with Crippen LogP contribution in [0.25, 0.3) is 0 Å². The third-order valence-corrected chi connectivity index (χ3v) is 3.53. The van der Waals surface area contributed by atoms with Crippen molar-refractivity contribution in [1.29, 1.82) is 0 Å². The van der Waals surface area contributed by atoms with Gasteiger partial charge in [-0.15, -0.1) is 0 Å². The maximum absolute atomic E-state index is 5.90. The van der Waals surface area contributed by atoms with Crippen molar-refractivity contribution in [2.75, 3.05) is 13.7 Å². The monoisotopic (exact) mass is 268 g/mol. The molecule has 1 aromatic rings. The van der Waals surface area contributed by atoms with Gasteiger partial charge in [0.2, 0.25) is 0 Å². The molecule has 1 aliphatic carbocycles. The lowest BCUT2D eigenvalue weighted by Crippen LogP contribution is -2.35. The first-order valence-electron chi connectivity index (χ1n) is 7.10. The van der Waals surface area contributed by atoms with Crippen LogP contribution in [0.4, 0.5) is 0 Å². The molecule has 0 unspecified atom stereocenters. The van der Waals surface area contributed by atoms with Crippen molar-refractivity contribution in [3.8, 4) is 0 Å². The molecule has 1 aromatic heterocycles. The molecule has 0 saturated heterocycles. The molecular weight excluding hydrogens is 244 g/mol. The van der Waals surface area contributed by atoms with E-state index in [4.69, 9.17) is 14.0 Å². The number of hydrogen-bond donors (Lipinski definition) is 1. The van der Waals surface area contributed by atoms with Gasteiger partial charge >= 0.3 is 0 Å². The number of rotatable bonds is 7. The van der Waals surface area contributed by atoms with Gasteiger partial charge in [-0.05, 0) is 32.2 Å². The van der Waals surface area contributed by atoms with E-state index in [9.17, 15) is 0 Å².